The first-order valence-electron chi connectivity index (χ1n) is 10.7. The van der Waals surface area contributed by atoms with E-state index in [1.54, 1.807) is 24.3 Å². The third-order valence-electron chi connectivity index (χ3n) is 5.54. The maximum Gasteiger partial charge on any atom is 0.251 e. The van der Waals surface area contributed by atoms with Gasteiger partial charge in [-0.05, 0) is 60.4 Å². The second-order valence-electron chi connectivity index (χ2n) is 8.45. The summed E-state index contributed by atoms with van der Waals surface area (Å²) in [4.78, 5) is 14.6. The molecule has 0 saturated heterocycles. The molecule has 6 nitrogen and oxygen atoms in total. The molecule has 0 fully saturated rings. The summed E-state index contributed by atoms with van der Waals surface area (Å²) in [5, 5.41) is 2.93. The number of nitrogens with zero attached hydrogens (tertiary/aromatic N) is 2. The Labute approximate surface area is 196 Å². The molecule has 0 atom stereocenters. The summed E-state index contributed by atoms with van der Waals surface area (Å²) in [5.41, 5.74) is 5.94. The molecular weight excluding hydrogens is 434 g/mol. The van der Waals surface area contributed by atoms with Gasteiger partial charge in [0.05, 0.1) is 18.5 Å². The number of anilines is 2. The van der Waals surface area contributed by atoms with E-state index >= 15 is 0 Å². The molecule has 0 unspecified atom stereocenters. The van der Waals surface area contributed by atoms with E-state index in [0.717, 1.165) is 27.9 Å². The van der Waals surface area contributed by atoms with Crippen LogP contribution in [0.1, 0.15) is 32.6 Å². The summed E-state index contributed by atoms with van der Waals surface area (Å²) < 4.78 is 26.5. The molecule has 1 amide bonds. The van der Waals surface area contributed by atoms with Crippen LogP contribution in [0.3, 0.4) is 0 Å². The highest BCUT2D eigenvalue weighted by atomic mass is 32.2. The molecule has 0 spiro atoms. The van der Waals surface area contributed by atoms with Crippen LogP contribution in [0.15, 0.2) is 66.7 Å². The molecule has 174 valence electrons. The highest BCUT2D eigenvalue weighted by Gasteiger charge is 2.21. The van der Waals surface area contributed by atoms with Crippen molar-refractivity contribution in [1.29, 1.82) is 0 Å². The molecule has 3 rings (SSSR count). The minimum Gasteiger partial charge on any atom is -0.378 e. The summed E-state index contributed by atoms with van der Waals surface area (Å²) in [6.07, 6.45) is 1.21. The van der Waals surface area contributed by atoms with Gasteiger partial charge in [0, 0.05) is 31.9 Å². The van der Waals surface area contributed by atoms with Gasteiger partial charge in [-0.15, -0.1) is 0 Å². The average molecular weight is 466 g/mol. The second kappa shape index (κ2) is 10.1. The van der Waals surface area contributed by atoms with E-state index in [4.69, 9.17) is 0 Å². The number of rotatable bonds is 8. The minimum atomic E-state index is -3.48. The molecule has 3 aromatic rings. The van der Waals surface area contributed by atoms with E-state index in [0.29, 0.717) is 17.8 Å². The molecule has 7 heteroatoms. The Balaban J connectivity index is 1.70. The van der Waals surface area contributed by atoms with Crippen molar-refractivity contribution >= 4 is 27.3 Å². The molecule has 1 N–H and O–H groups in total. The predicted molar refractivity (Wildman–Crippen MR) is 135 cm³/mol. The predicted octanol–water partition coefficient (Wildman–Crippen LogP) is 4.27. The molecule has 0 aliphatic carbocycles. The molecule has 0 radical (unpaired) electrons. The SMILES string of the molecule is Cc1cccc(C)c1N(Cc1ccc(C(=O)NCc2ccc(N(C)C)cc2)cc1)S(C)(=O)=O. The smallest absolute Gasteiger partial charge is 0.251 e. The molecular formula is C26H31N3O3S. The summed E-state index contributed by atoms with van der Waals surface area (Å²) in [6, 6.07) is 20.8. The Morgan fingerprint density at radius 1 is 0.848 bits per heavy atom. The largest absolute Gasteiger partial charge is 0.378 e. The number of aryl methyl sites for hydroxylation is 2. The van der Waals surface area contributed by atoms with Crippen LogP contribution in [0.4, 0.5) is 11.4 Å². The first kappa shape index (κ1) is 24.3. The first-order chi connectivity index (χ1) is 15.6. The maximum absolute atomic E-state index is 12.6. The third kappa shape index (κ3) is 6.14. The van der Waals surface area contributed by atoms with Crippen molar-refractivity contribution in [3.05, 3.63) is 94.5 Å². The van der Waals surface area contributed by atoms with Crippen LogP contribution in [-0.4, -0.2) is 34.7 Å². The van der Waals surface area contributed by atoms with Crippen molar-refractivity contribution in [3.63, 3.8) is 0 Å². The molecule has 0 aliphatic rings. The van der Waals surface area contributed by atoms with Crippen molar-refractivity contribution in [1.82, 2.24) is 5.32 Å². The van der Waals surface area contributed by atoms with Crippen LogP contribution < -0.4 is 14.5 Å². The lowest BCUT2D eigenvalue weighted by molar-refractivity contribution is 0.0951. The minimum absolute atomic E-state index is 0.173. The topological polar surface area (TPSA) is 69.7 Å². The van der Waals surface area contributed by atoms with Crippen molar-refractivity contribution < 1.29 is 13.2 Å². The number of hydrogen-bond donors (Lipinski definition) is 1. The van der Waals surface area contributed by atoms with Gasteiger partial charge in [0.15, 0.2) is 0 Å². The maximum atomic E-state index is 12.6. The summed E-state index contributed by atoms with van der Waals surface area (Å²) in [6.45, 7) is 4.44. The lowest BCUT2D eigenvalue weighted by Gasteiger charge is -2.26. The number of hydrogen-bond acceptors (Lipinski definition) is 4. The summed E-state index contributed by atoms with van der Waals surface area (Å²) >= 11 is 0. The molecule has 0 aromatic heterocycles. The fourth-order valence-electron chi connectivity index (χ4n) is 3.68. The van der Waals surface area contributed by atoms with E-state index in [-0.39, 0.29) is 12.5 Å². The van der Waals surface area contributed by atoms with Gasteiger partial charge in [0.1, 0.15) is 0 Å². The zero-order valence-corrected chi connectivity index (χ0v) is 20.6. The molecule has 0 bridgehead atoms. The number of benzene rings is 3. The van der Waals surface area contributed by atoms with Crippen LogP contribution in [0.5, 0.6) is 0 Å². The molecule has 0 saturated carbocycles. The van der Waals surface area contributed by atoms with Gasteiger partial charge in [-0.2, -0.15) is 0 Å². The fourth-order valence-corrected chi connectivity index (χ4v) is 4.69. The Bertz CT molecular complexity index is 1200. The Morgan fingerprint density at radius 2 is 1.39 bits per heavy atom. The van der Waals surface area contributed by atoms with Crippen LogP contribution in [0.25, 0.3) is 0 Å². The monoisotopic (exact) mass is 465 g/mol. The number of sulfonamides is 1. The zero-order chi connectivity index (χ0) is 24.2. The highest BCUT2D eigenvalue weighted by molar-refractivity contribution is 7.92. The average Bonchev–Trinajstić information content (AvgIpc) is 2.76. The third-order valence-corrected chi connectivity index (χ3v) is 6.65. The van der Waals surface area contributed by atoms with E-state index < -0.39 is 10.0 Å². The molecule has 0 aliphatic heterocycles. The Morgan fingerprint density at radius 3 is 1.91 bits per heavy atom. The van der Waals surface area contributed by atoms with Gasteiger partial charge in [-0.1, -0.05) is 42.5 Å². The number of amides is 1. The number of nitrogens with one attached hydrogen (secondary N) is 1. The Hall–Kier alpha value is -3.32. The van der Waals surface area contributed by atoms with Crippen LogP contribution in [-0.2, 0) is 23.1 Å². The van der Waals surface area contributed by atoms with Crippen molar-refractivity contribution in [2.24, 2.45) is 0 Å². The lowest BCUT2D eigenvalue weighted by Crippen LogP contribution is -2.30. The van der Waals surface area contributed by atoms with Gasteiger partial charge in [0.25, 0.3) is 5.91 Å². The standard InChI is InChI=1S/C26H31N3O3S/c1-19-7-6-8-20(2)25(19)29(33(5,31)32)18-22-9-13-23(14-10-22)26(30)27-17-21-11-15-24(16-12-21)28(3)4/h6-16H,17-18H2,1-5H3,(H,27,30). The van der Waals surface area contributed by atoms with Gasteiger partial charge < -0.3 is 10.2 Å². The van der Waals surface area contributed by atoms with Crippen molar-refractivity contribution in [3.8, 4) is 0 Å². The van der Waals surface area contributed by atoms with E-state index in [9.17, 15) is 13.2 Å². The van der Waals surface area contributed by atoms with Crippen molar-refractivity contribution in [2.75, 3.05) is 29.6 Å². The van der Waals surface area contributed by atoms with E-state index in [2.05, 4.69) is 5.32 Å². The van der Waals surface area contributed by atoms with Crippen LogP contribution in [0.2, 0.25) is 0 Å². The first-order valence-corrected chi connectivity index (χ1v) is 12.6. The van der Waals surface area contributed by atoms with Gasteiger partial charge in [-0.25, -0.2) is 8.42 Å². The van der Waals surface area contributed by atoms with E-state index in [1.807, 2.05) is 75.3 Å². The van der Waals surface area contributed by atoms with Crippen molar-refractivity contribution in [2.45, 2.75) is 26.9 Å². The molecule has 0 heterocycles. The van der Waals surface area contributed by atoms with Gasteiger partial charge in [0.2, 0.25) is 10.0 Å². The van der Waals surface area contributed by atoms with E-state index in [1.165, 1.54) is 10.6 Å². The number of carbonyl (C=O) groups excluding carboxylic acids is 1. The second-order valence-corrected chi connectivity index (χ2v) is 10.4. The fraction of sp³-hybridized carbons (Fsp3) is 0.269. The Kier molecular flexibility index (Phi) is 7.43. The van der Waals surface area contributed by atoms with Crippen LogP contribution >= 0.6 is 0 Å². The quantitative estimate of drug-likeness (QED) is 0.540. The van der Waals surface area contributed by atoms with Crippen LogP contribution in [0, 0.1) is 13.8 Å². The number of para-hydroxylation sites is 1. The summed E-state index contributed by atoms with van der Waals surface area (Å²) in [7, 11) is 0.483. The molecule has 33 heavy (non-hydrogen) atoms. The zero-order valence-electron chi connectivity index (χ0n) is 19.8. The van der Waals surface area contributed by atoms with Gasteiger partial charge in [-0.3, -0.25) is 9.10 Å². The lowest BCUT2D eigenvalue weighted by atomic mass is 10.1. The molecule has 3 aromatic carbocycles. The summed E-state index contributed by atoms with van der Waals surface area (Å²) in [5.74, 6) is -0.173. The normalized spacial score (nSPS) is 11.2. The van der Waals surface area contributed by atoms with Gasteiger partial charge >= 0.3 is 0 Å². The number of carbonyl (C=O) groups is 1. The highest BCUT2D eigenvalue weighted by Crippen LogP contribution is 2.28.